The highest BCUT2D eigenvalue weighted by Gasteiger charge is 2.25. The summed E-state index contributed by atoms with van der Waals surface area (Å²) in [6.07, 6.45) is 4.89. The van der Waals surface area contributed by atoms with Gasteiger partial charge in [0.25, 0.3) is 0 Å². The fourth-order valence-corrected chi connectivity index (χ4v) is 2.86. The molecule has 1 saturated heterocycles. The fourth-order valence-electron chi connectivity index (χ4n) is 2.86. The molecule has 5 nitrogen and oxygen atoms in total. The van der Waals surface area contributed by atoms with Gasteiger partial charge in [-0.25, -0.2) is 9.97 Å². The minimum Gasteiger partial charge on any atom is -0.444 e. The Morgan fingerprint density at radius 3 is 2.87 bits per heavy atom. The van der Waals surface area contributed by atoms with E-state index in [1.165, 1.54) is 6.42 Å². The molecule has 1 aliphatic heterocycles. The van der Waals surface area contributed by atoms with Crippen LogP contribution in [0.4, 0.5) is 5.82 Å². The Bertz CT molecular complexity index is 617. The largest absolute Gasteiger partial charge is 0.444 e. The highest BCUT2D eigenvalue weighted by Crippen LogP contribution is 2.24. The van der Waals surface area contributed by atoms with Crippen LogP contribution in [0, 0.1) is 5.92 Å². The fraction of sp³-hybridized carbons (Fsp3) is 0.556. The molecule has 0 aliphatic carbocycles. The van der Waals surface area contributed by atoms with Crippen LogP contribution in [0.5, 0.6) is 0 Å². The van der Waals surface area contributed by atoms with Crippen molar-refractivity contribution in [3.63, 3.8) is 0 Å². The van der Waals surface area contributed by atoms with Gasteiger partial charge in [-0.1, -0.05) is 26.8 Å². The lowest BCUT2D eigenvalue weighted by Gasteiger charge is -2.15. The van der Waals surface area contributed by atoms with Gasteiger partial charge in [0.1, 0.15) is 11.6 Å². The standard InChI is InChI=1S/C18H26N4O/c1-18(2,3)15-11-21-17(23-15)13-22-9-7-14(12-22)10-20-16-6-4-5-8-19-16/h4-6,8,11,14H,7,9-10,12-13H2,1-3H3,(H,19,20)/t14-/m1/s1. The second kappa shape index (κ2) is 6.71. The van der Waals surface area contributed by atoms with Crippen molar-refractivity contribution in [1.82, 2.24) is 14.9 Å². The van der Waals surface area contributed by atoms with Crippen molar-refractivity contribution in [2.75, 3.05) is 25.0 Å². The molecule has 0 saturated carbocycles. The Labute approximate surface area is 138 Å². The third-order valence-electron chi connectivity index (χ3n) is 4.26. The lowest BCUT2D eigenvalue weighted by molar-refractivity contribution is 0.270. The summed E-state index contributed by atoms with van der Waals surface area (Å²) in [5, 5.41) is 3.42. The van der Waals surface area contributed by atoms with Crippen LogP contribution in [0.1, 0.15) is 38.8 Å². The number of nitrogens with one attached hydrogen (secondary N) is 1. The summed E-state index contributed by atoms with van der Waals surface area (Å²) in [5.41, 5.74) is 0.0192. The van der Waals surface area contributed by atoms with Crippen molar-refractivity contribution in [3.05, 3.63) is 42.2 Å². The maximum Gasteiger partial charge on any atom is 0.208 e. The maximum atomic E-state index is 5.90. The molecule has 3 heterocycles. The zero-order valence-electron chi connectivity index (χ0n) is 14.2. The summed E-state index contributed by atoms with van der Waals surface area (Å²) < 4.78 is 5.90. The van der Waals surface area contributed by atoms with Crippen LogP contribution in [0.15, 0.2) is 35.0 Å². The molecule has 0 aromatic carbocycles. The van der Waals surface area contributed by atoms with E-state index < -0.39 is 0 Å². The number of hydrogen-bond donors (Lipinski definition) is 1. The van der Waals surface area contributed by atoms with Gasteiger partial charge in [-0.3, -0.25) is 4.90 Å². The van der Waals surface area contributed by atoms with Crippen molar-refractivity contribution in [1.29, 1.82) is 0 Å². The van der Waals surface area contributed by atoms with E-state index in [-0.39, 0.29) is 5.41 Å². The van der Waals surface area contributed by atoms with Crippen LogP contribution in [-0.4, -0.2) is 34.5 Å². The van der Waals surface area contributed by atoms with E-state index in [4.69, 9.17) is 4.42 Å². The normalized spacial score (nSPS) is 19.2. The average molecular weight is 314 g/mol. The number of aromatic nitrogens is 2. The first-order chi connectivity index (χ1) is 11.0. The Morgan fingerprint density at radius 2 is 2.17 bits per heavy atom. The SMILES string of the molecule is CC(C)(C)c1cnc(CN2CC[C@H](CNc3ccccn3)C2)o1. The molecule has 23 heavy (non-hydrogen) atoms. The van der Waals surface area contributed by atoms with Crippen LogP contribution < -0.4 is 5.32 Å². The van der Waals surface area contributed by atoms with Crippen molar-refractivity contribution >= 4 is 5.82 Å². The molecule has 1 aliphatic rings. The number of likely N-dealkylation sites (tertiary alicyclic amines) is 1. The number of hydrogen-bond acceptors (Lipinski definition) is 5. The van der Waals surface area contributed by atoms with E-state index in [1.54, 1.807) is 0 Å². The molecule has 124 valence electrons. The zero-order chi connectivity index (χ0) is 16.3. The minimum absolute atomic E-state index is 0.0192. The number of oxazole rings is 1. The number of nitrogens with zero attached hydrogens (tertiary/aromatic N) is 3. The molecule has 2 aromatic rings. The van der Waals surface area contributed by atoms with Gasteiger partial charge in [0, 0.05) is 24.7 Å². The predicted octanol–water partition coefficient (Wildman–Crippen LogP) is 3.30. The summed E-state index contributed by atoms with van der Waals surface area (Å²) in [6, 6.07) is 5.95. The summed E-state index contributed by atoms with van der Waals surface area (Å²) in [4.78, 5) is 11.2. The zero-order valence-corrected chi connectivity index (χ0v) is 14.2. The lowest BCUT2D eigenvalue weighted by atomic mass is 9.94. The number of rotatable bonds is 5. The molecule has 0 unspecified atom stereocenters. The average Bonchev–Trinajstić information content (AvgIpc) is 3.16. The van der Waals surface area contributed by atoms with E-state index in [1.807, 2.05) is 30.6 Å². The Hall–Kier alpha value is -1.88. The van der Waals surface area contributed by atoms with Gasteiger partial charge in [0.15, 0.2) is 0 Å². The van der Waals surface area contributed by atoms with Gasteiger partial charge in [-0.15, -0.1) is 0 Å². The Morgan fingerprint density at radius 1 is 1.30 bits per heavy atom. The lowest BCUT2D eigenvalue weighted by Crippen LogP contribution is -2.23. The second-order valence-corrected chi connectivity index (χ2v) is 7.35. The van der Waals surface area contributed by atoms with E-state index in [9.17, 15) is 0 Å². The van der Waals surface area contributed by atoms with Gasteiger partial charge in [-0.05, 0) is 31.0 Å². The van der Waals surface area contributed by atoms with E-state index >= 15 is 0 Å². The molecule has 3 rings (SSSR count). The molecular formula is C18H26N4O. The monoisotopic (exact) mass is 314 g/mol. The molecule has 1 atom stereocenters. The van der Waals surface area contributed by atoms with Crippen LogP contribution in [-0.2, 0) is 12.0 Å². The van der Waals surface area contributed by atoms with Crippen LogP contribution in [0.2, 0.25) is 0 Å². The summed E-state index contributed by atoms with van der Waals surface area (Å²) in [7, 11) is 0. The first-order valence-corrected chi connectivity index (χ1v) is 8.33. The Balaban J connectivity index is 1.47. The molecule has 1 N–H and O–H groups in total. The quantitative estimate of drug-likeness (QED) is 0.917. The summed E-state index contributed by atoms with van der Waals surface area (Å²) in [5.74, 6) is 3.39. The molecule has 1 fully saturated rings. The molecule has 0 radical (unpaired) electrons. The van der Waals surface area contributed by atoms with Gasteiger partial charge in [0.2, 0.25) is 5.89 Å². The van der Waals surface area contributed by atoms with Gasteiger partial charge in [-0.2, -0.15) is 0 Å². The molecule has 5 heteroatoms. The molecule has 2 aromatic heterocycles. The van der Waals surface area contributed by atoms with Gasteiger partial charge in [0.05, 0.1) is 12.7 Å². The van der Waals surface area contributed by atoms with Crippen LogP contribution in [0.3, 0.4) is 0 Å². The second-order valence-electron chi connectivity index (χ2n) is 7.35. The first-order valence-electron chi connectivity index (χ1n) is 8.33. The number of pyridine rings is 1. The minimum atomic E-state index is 0.0192. The van der Waals surface area contributed by atoms with Gasteiger partial charge >= 0.3 is 0 Å². The van der Waals surface area contributed by atoms with Crippen molar-refractivity contribution in [3.8, 4) is 0 Å². The third-order valence-corrected chi connectivity index (χ3v) is 4.26. The predicted molar refractivity (Wildman–Crippen MR) is 91.3 cm³/mol. The molecule has 0 spiro atoms. The smallest absolute Gasteiger partial charge is 0.208 e. The van der Waals surface area contributed by atoms with E-state index in [0.29, 0.717) is 5.92 Å². The molecule has 0 bridgehead atoms. The number of anilines is 1. The van der Waals surface area contributed by atoms with Crippen molar-refractivity contribution in [2.45, 2.75) is 39.2 Å². The van der Waals surface area contributed by atoms with Crippen LogP contribution in [0.25, 0.3) is 0 Å². The maximum absolute atomic E-state index is 5.90. The van der Waals surface area contributed by atoms with Crippen molar-refractivity contribution < 1.29 is 4.42 Å². The summed E-state index contributed by atoms with van der Waals surface area (Å²) >= 11 is 0. The first kappa shape index (κ1) is 16.0. The Kier molecular flexibility index (Phi) is 4.66. The highest BCUT2D eigenvalue weighted by atomic mass is 16.4. The third kappa shape index (κ3) is 4.32. The van der Waals surface area contributed by atoms with E-state index in [2.05, 4.69) is 41.0 Å². The van der Waals surface area contributed by atoms with Crippen LogP contribution >= 0.6 is 0 Å². The van der Waals surface area contributed by atoms with E-state index in [0.717, 1.165) is 43.6 Å². The van der Waals surface area contributed by atoms with Gasteiger partial charge < -0.3 is 9.73 Å². The highest BCUT2D eigenvalue weighted by molar-refractivity contribution is 5.33. The molecular weight excluding hydrogens is 288 g/mol. The topological polar surface area (TPSA) is 54.2 Å². The molecule has 0 amide bonds. The summed E-state index contributed by atoms with van der Waals surface area (Å²) in [6.45, 7) is 10.4. The van der Waals surface area contributed by atoms with Crippen molar-refractivity contribution in [2.24, 2.45) is 5.92 Å².